The molecule has 0 saturated carbocycles. The molecule has 0 spiro atoms. The number of benzene rings is 1. The van der Waals surface area contributed by atoms with Gasteiger partial charge >= 0.3 is 0 Å². The Bertz CT molecular complexity index is 400. The Labute approximate surface area is 116 Å². The first-order valence-electron chi connectivity index (χ1n) is 7.25. The summed E-state index contributed by atoms with van der Waals surface area (Å²) in [5.74, 6) is 1.56. The third-order valence-corrected chi connectivity index (χ3v) is 3.64. The summed E-state index contributed by atoms with van der Waals surface area (Å²) in [6.45, 7) is 9.85. The van der Waals surface area contributed by atoms with E-state index in [9.17, 15) is 0 Å². The van der Waals surface area contributed by atoms with Crippen molar-refractivity contribution in [2.45, 2.75) is 33.2 Å². The van der Waals surface area contributed by atoms with Crippen LogP contribution in [0.3, 0.4) is 0 Å². The summed E-state index contributed by atoms with van der Waals surface area (Å²) in [4.78, 5) is 0. The van der Waals surface area contributed by atoms with Crippen LogP contribution in [0.4, 0.5) is 0 Å². The Hall–Kier alpha value is -1.06. The molecule has 19 heavy (non-hydrogen) atoms. The van der Waals surface area contributed by atoms with Crippen molar-refractivity contribution in [1.29, 1.82) is 0 Å². The summed E-state index contributed by atoms with van der Waals surface area (Å²) in [5.41, 5.74) is 2.48. The van der Waals surface area contributed by atoms with Crippen molar-refractivity contribution in [2.75, 3.05) is 26.4 Å². The van der Waals surface area contributed by atoms with E-state index in [-0.39, 0.29) is 0 Å². The highest BCUT2D eigenvalue weighted by Gasteiger charge is 2.18. The van der Waals surface area contributed by atoms with Gasteiger partial charge in [0.15, 0.2) is 0 Å². The molecule has 0 bridgehead atoms. The van der Waals surface area contributed by atoms with Crippen LogP contribution in [-0.2, 0) is 4.74 Å². The van der Waals surface area contributed by atoms with Crippen LogP contribution in [0.2, 0.25) is 0 Å². The fraction of sp³-hybridized carbons (Fsp3) is 0.625. The summed E-state index contributed by atoms with van der Waals surface area (Å²) in [7, 11) is 0. The number of aryl methyl sites for hydroxylation is 1. The normalized spacial score (nSPS) is 20.5. The van der Waals surface area contributed by atoms with Gasteiger partial charge in [-0.3, -0.25) is 0 Å². The molecule has 0 aromatic heterocycles. The van der Waals surface area contributed by atoms with E-state index in [0.29, 0.717) is 12.0 Å². The van der Waals surface area contributed by atoms with Crippen molar-refractivity contribution in [2.24, 2.45) is 5.92 Å². The van der Waals surface area contributed by atoms with Gasteiger partial charge in [0, 0.05) is 24.1 Å². The van der Waals surface area contributed by atoms with Crippen LogP contribution in [0, 0.1) is 12.8 Å². The average Bonchev–Trinajstić information content (AvgIpc) is 2.89. The van der Waals surface area contributed by atoms with Gasteiger partial charge in [-0.15, -0.1) is 0 Å². The van der Waals surface area contributed by atoms with E-state index < -0.39 is 0 Å². The van der Waals surface area contributed by atoms with Crippen molar-refractivity contribution in [3.8, 4) is 5.75 Å². The Morgan fingerprint density at radius 1 is 1.47 bits per heavy atom. The molecule has 1 fully saturated rings. The van der Waals surface area contributed by atoms with Crippen LogP contribution in [0.1, 0.15) is 37.4 Å². The monoisotopic (exact) mass is 263 g/mol. The minimum atomic E-state index is 0.320. The lowest BCUT2D eigenvalue weighted by atomic mass is 10.0. The second-order valence-corrected chi connectivity index (χ2v) is 5.36. The maximum atomic E-state index is 6.05. The van der Waals surface area contributed by atoms with Crippen molar-refractivity contribution < 1.29 is 9.47 Å². The third kappa shape index (κ3) is 3.95. The zero-order valence-corrected chi connectivity index (χ0v) is 12.2. The number of hydrogen-bond donors (Lipinski definition) is 1. The molecule has 1 aliphatic heterocycles. The average molecular weight is 263 g/mol. The van der Waals surface area contributed by atoms with Gasteiger partial charge in [0.1, 0.15) is 5.75 Å². The van der Waals surface area contributed by atoms with E-state index in [1.165, 1.54) is 11.1 Å². The smallest absolute Gasteiger partial charge is 0.124 e. The van der Waals surface area contributed by atoms with Gasteiger partial charge in [0.25, 0.3) is 0 Å². The fourth-order valence-electron chi connectivity index (χ4n) is 2.46. The topological polar surface area (TPSA) is 30.5 Å². The highest BCUT2D eigenvalue weighted by atomic mass is 16.5. The van der Waals surface area contributed by atoms with Gasteiger partial charge < -0.3 is 14.8 Å². The molecule has 2 rings (SSSR count). The molecule has 1 N–H and O–H groups in total. The Kier molecular flexibility index (Phi) is 5.23. The highest BCUT2D eigenvalue weighted by molar-refractivity contribution is 5.39. The summed E-state index contributed by atoms with van der Waals surface area (Å²) in [6.07, 6.45) is 1.11. The molecular formula is C16H25NO2. The fourth-order valence-corrected chi connectivity index (χ4v) is 2.46. The lowest BCUT2D eigenvalue weighted by Crippen LogP contribution is -2.19. The SMILES string of the molecule is CCNC(C)c1ccc(C)cc1OCC1CCOC1. The Balaban J connectivity index is 2.05. The lowest BCUT2D eigenvalue weighted by Gasteiger charge is -2.19. The molecule has 0 aliphatic carbocycles. The first kappa shape index (κ1) is 14.4. The Morgan fingerprint density at radius 3 is 3.00 bits per heavy atom. The second kappa shape index (κ2) is 6.92. The Morgan fingerprint density at radius 2 is 2.32 bits per heavy atom. The molecule has 3 heteroatoms. The predicted molar refractivity (Wildman–Crippen MR) is 77.7 cm³/mol. The number of ether oxygens (including phenoxy) is 2. The van der Waals surface area contributed by atoms with Gasteiger partial charge in [-0.2, -0.15) is 0 Å². The van der Waals surface area contributed by atoms with Crippen LogP contribution in [0.25, 0.3) is 0 Å². The quantitative estimate of drug-likeness (QED) is 0.855. The number of nitrogens with one attached hydrogen (secondary N) is 1. The zero-order chi connectivity index (χ0) is 13.7. The first-order valence-corrected chi connectivity index (χ1v) is 7.25. The van der Waals surface area contributed by atoms with Crippen molar-refractivity contribution in [3.63, 3.8) is 0 Å². The van der Waals surface area contributed by atoms with Crippen LogP contribution in [-0.4, -0.2) is 26.4 Å². The minimum Gasteiger partial charge on any atom is -0.493 e. The van der Waals surface area contributed by atoms with E-state index in [1.54, 1.807) is 0 Å². The maximum Gasteiger partial charge on any atom is 0.124 e. The van der Waals surface area contributed by atoms with Crippen molar-refractivity contribution in [1.82, 2.24) is 5.32 Å². The van der Waals surface area contributed by atoms with E-state index in [4.69, 9.17) is 9.47 Å². The molecule has 106 valence electrons. The standard InChI is InChI=1S/C16H25NO2/c1-4-17-13(3)15-6-5-12(2)9-16(15)19-11-14-7-8-18-10-14/h5-6,9,13-14,17H,4,7-8,10-11H2,1-3H3. The molecule has 0 amide bonds. The summed E-state index contributed by atoms with van der Waals surface area (Å²) in [6, 6.07) is 6.78. The predicted octanol–water partition coefficient (Wildman–Crippen LogP) is 3.08. The van der Waals surface area contributed by atoms with Gasteiger partial charge in [0.2, 0.25) is 0 Å². The summed E-state index contributed by atoms with van der Waals surface area (Å²) < 4.78 is 11.4. The molecule has 1 aromatic carbocycles. The molecule has 2 unspecified atom stereocenters. The van der Waals surface area contributed by atoms with Crippen LogP contribution in [0.5, 0.6) is 5.75 Å². The molecule has 2 atom stereocenters. The number of rotatable bonds is 6. The molecule has 3 nitrogen and oxygen atoms in total. The molecule has 1 saturated heterocycles. The van der Waals surface area contributed by atoms with Crippen LogP contribution >= 0.6 is 0 Å². The van der Waals surface area contributed by atoms with Crippen LogP contribution in [0.15, 0.2) is 18.2 Å². The largest absolute Gasteiger partial charge is 0.493 e. The molecular weight excluding hydrogens is 238 g/mol. The van der Waals surface area contributed by atoms with E-state index >= 15 is 0 Å². The molecule has 1 aromatic rings. The lowest BCUT2D eigenvalue weighted by molar-refractivity contribution is 0.166. The van der Waals surface area contributed by atoms with Gasteiger partial charge in [-0.25, -0.2) is 0 Å². The zero-order valence-electron chi connectivity index (χ0n) is 12.2. The molecule has 1 heterocycles. The maximum absolute atomic E-state index is 6.05. The van der Waals surface area contributed by atoms with E-state index in [2.05, 4.69) is 44.3 Å². The van der Waals surface area contributed by atoms with Crippen molar-refractivity contribution in [3.05, 3.63) is 29.3 Å². The van der Waals surface area contributed by atoms with Gasteiger partial charge in [-0.05, 0) is 38.4 Å². The first-order chi connectivity index (χ1) is 9.20. The van der Waals surface area contributed by atoms with Crippen LogP contribution < -0.4 is 10.1 Å². The minimum absolute atomic E-state index is 0.320. The van der Waals surface area contributed by atoms with Gasteiger partial charge in [0.05, 0.1) is 13.2 Å². The molecule has 0 radical (unpaired) electrons. The van der Waals surface area contributed by atoms with Crippen molar-refractivity contribution >= 4 is 0 Å². The number of hydrogen-bond acceptors (Lipinski definition) is 3. The van der Waals surface area contributed by atoms with E-state index in [1.807, 2.05) is 0 Å². The second-order valence-electron chi connectivity index (χ2n) is 5.36. The summed E-state index contributed by atoms with van der Waals surface area (Å²) in [5, 5.41) is 3.44. The third-order valence-electron chi connectivity index (χ3n) is 3.64. The van der Waals surface area contributed by atoms with Gasteiger partial charge in [-0.1, -0.05) is 19.1 Å². The highest BCUT2D eigenvalue weighted by Crippen LogP contribution is 2.27. The van der Waals surface area contributed by atoms with E-state index in [0.717, 1.165) is 38.5 Å². The molecule has 1 aliphatic rings. The summed E-state index contributed by atoms with van der Waals surface area (Å²) >= 11 is 0.